The van der Waals surface area contributed by atoms with Gasteiger partial charge in [0.1, 0.15) is 0 Å². The molecule has 0 bridgehead atoms. The molecule has 0 aliphatic heterocycles. The molecule has 0 aromatic heterocycles. The monoisotopic (exact) mass is 222 g/mol. The van der Waals surface area contributed by atoms with Crippen molar-refractivity contribution in [3.05, 3.63) is 0 Å². The third-order valence-electron chi connectivity index (χ3n) is 1.95. The summed E-state index contributed by atoms with van der Waals surface area (Å²) in [5.41, 5.74) is 0. The van der Waals surface area contributed by atoms with Gasteiger partial charge in [-0.3, -0.25) is 0 Å². The van der Waals surface area contributed by atoms with Crippen LogP contribution in [0, 0.1) is 0 Å². The highest BCUT2D eigenvalue weighted by atomic mass is 32.2. The van der Waals surface area contributed by atoms with Crippen LogP contribution in [0.5, 0.6) is 0 Å². The fourth-order valence-electron chi connectivity index (χ4n) is 1.28. The van der Waals surface area contributed by atoms with Gasteiger partial charge in [-0.05, 0) is 33.1 Å². The first kappa shape index (κ1) is 11.9. The van der Waals surface area contributed by atoms with Crippen molar-refractivity contribution in [2.45, 2.75) is 51.3 Å². The van der Waals surface area contributed by atoms with Crippen molar-refractivity contribution in [2.75, 3.05) is 0 Å². The van der Waals surface area contributed by atoms with Crippen LogP contribution in [0.2, 0.25) is 0 Å². The minimum absolute atomic E-state index is 0.117. The summed E-state index contributed by atoms with van der Waals surface area (Å²) in [6.07, 6.45) is 1.77. The minimum Gasteiger partial charge on any atom is -0.393 e. The van der Waals surface area contributed by atoms with Crippen LogP contribution in [0.25, 0.3) is 0 Å². The molecule has 1 aliphatic rings. The first-order chi connectivity index (χ1) is 6.39. The van der Waals surface area contributed by atoms with Crippen molar-refractivity contribution in [3.63, 3.8) is 0 Å². The molecule has 0 spiro atoms. The Hall–Kier alpha value is -0.170. The summed E-state index contributed by atoms with van der Waals surface area (Å²) in [7, 11) is -3.37. The summed E-state index contributed by atoms with van der Waals surface area (Å²) < 4.78 is 27.7. The first-order valence-electron chi connectivity index (χ1n) is 4.86. The van der Waals surface area contributed by atoms with E-state index in [1.54, 1.807) is 13.8 Å². The third-order valence-corrected chi connectivity index (χ3v) is 3.31. The lowest BCUT2D eigenvalue weighted by Gasteiger charge is -2.15. The molecule has 0 radical (unpaired) electrons. The minimum atomic E-state index is -3.37. The molecule has 5 nitrogen and oxygen atoms in total. The van der Waals surface area contributed by atoms with Crippen LogP contribution in [0.4, 0.5) is 0 Å². The van der Waals surface area contributed by atoms with Crippen LogP contribution in [0.1, 0.15) is 33.1 Å². The zero-order valence-corrected chi connectivity index (χ0v) is 9.34. The molecule has 3 N–H and O–H groups in total. The van der Waals surface area contributed by atoms with Gasteiger partial charge in [-0.15, -0.1) is 0 Å². The van der Waals surface area contributed by atoms with Gasteiger partial charge in [-0.2, -0.15) is 17.9 Å². The van der Waals surface area contributed by atoms with E-state index >= 15 is 0 Å². The summed E-state index contributed by atoms with van der Waals surface area (Å²) >= 11 is 0. The lowest BCUT2D eigenvalue weighted by molar-refractivity contribution is 0.175. The molecule has 2 unspecified atom stereocenters. The Morgan fingerprint density at radius 2 is 2.00 bits per heavy atom. The van der Waals surface area contributed by atoms with Crippen LogP contribution in [-0.2, 0) is 10.2 Å². The normalized spacial score (nSPS) is 21.9. The quantitative estimate of drug-likeness (QED) is 0.579. The zero-order valence-electron chi connectivity index (χ0n) is 8.53. The van der Waals surface area contributed by atoms with E-state index in [1.165, 1.54) is 0 Å². The topological polar surface area (TPSA) is 78.4 Å². The maximum absolute atomic E-state index is 11.4. The second-order valence-corrected chi connectivity index (χ2v) is 5.48. The fourth-order valence-corrected chi connectivity index (χ4v) is 2.65. The Morgan fingerprint density at radius 3 is 2.43 bits per heavy atom. The summed E-state index contributed by atoms with van der Waals surface area (Å²) in [5.74, 6) is 0. The van der Waals surface area contributed by atoms with Crippen molar-refractivity contribution in [3.8, 4) is 0 Å². The molecule has 6 heteroatoms. The number of hydrogen-bond donors (Lipinski definition) is 3. The Morgan fingerprint density at radius 1 is 1.43 bits per heavy atom. The van der Waals surface area contributed by atoms with E-state index in [4.69, 9.17) is 5.11 Å². The average molecular weight is 222 g/mol. The Kier molecular flexibility index (Phi) is 3.88. The molecule has 1 saturated carbocycles. The van der Waals surface area contributed by atoms with Gasteiger partial charge >= 0.3 is 0 Å². The third kappa shape index (κ3) is 4.90. The largest absolute Gasteiger partial charge is 0.393 e. The van der Waals surface area contributed by atoms with Gasteiger partial charge in [0.15, 0.2) is 0 Å². The molecule has 1 rings (SSSR count). The molecule has 0 aromatic rings. The predicted molar refractivity (Wildman–Crippen MR) is 54.0 cm³/mol. The highest BCUT2D eigenvalue weighted by Crippen LogP contribution is 2.19. The van der Waals surface area contributed by atoms with E-state index in [9.17, 15) is 8.42 Å². The maximum atomic E-state index is 11.4. The molecule has 0 aromatic carbocycles. The average Bonchev–Trinajstić information content (AvgIpc) is 2.65. The van der Waals surface area contributed by atoms with E-state index in [1.807, 2.05) is 0 Å². The fraction of sp³-hybridized carbons (Fsp3) is 1.00. The summed E-state index contributed by atoms with van der Waals surface area (Å²) in [5, 5.41) is 9.06. The number of rotatable bonds is 6. The Balaban J connectivity index is 2.33. The van der Waals surface area contributed by atoms with Crippen molar-refractivity contribution in [1.82, 2.24) is 9.44 Å². The molecule has 1 aliphatic carbocycles. The number of aliphatic hydroxyl groups is 1. The molecular formula is C8H18N2O3S. The lowest BCUT2D eigenvalue weighted by Crippen LogP contribution is -2.43. The Bertz CT molecular complexity index is 272. The zero-order chi connectivity index (χ0) is 10.8. The molecule has 84 valence electrons. The first-order valence-corrected chi connectivity index (χ1v) is 6.35. The number of hydrogen-bond acceptors (Lipinski definition) is 3. The number of nitrogens with one attached hydrogen (secondary N) is 2. The molecule has 1 fully saturated rings. The van der Waals surface area contributed by atoms with Gasteiger partial charge in [-0.25, -0.2) is 0 Å². The molecule has 0 amide bonds. The lowest BCUT2D eigenvalue weighted by atomic mass is 10.2. The standard InChI is InChI=1S/C8H18N2O3S/c1-6(5-7(2)11)9-14(12,13)10-8-3-4-8/h6-11H,3-5H2,1-2H3. The summed E-state index contributed by atoms with van der Waals surface area (Å²) in [6, 6.07) is -0.127. The highest BCUT2D eigenvalue weighted by Gasteiger charge is 2.27. The molecular weight excluding hydrogens is 204 g/mol. The smallest absolute Gasteiger partial charge is 0.277 e. The number of aliphatic hydroxyl groups excluding tert-OH is 1. The summed E-state index contributed by atoms with van der Waals surface area (Å²) in [4.78, 5) is 0. The van der Waals surface area contributed by atoms with Crippen LogP contribution in [-0.4, -0.2) is 31.7 Å². The van der Waals surface area contributed by atoms with Gasteiger partial charge in [0.05, 0.1) is 6.10 Å². The molecule has 2 atom stereocenters. The summed E-state index contributed by atoms with van der Waals surface area (Å²) in [6.45, 7) is 3.37. The van der Waals surface area contributed by atoms with Crippen LogP contribution in [0.3, 0.4) is 0 Å². The van der Waals surface area contributed by atoms with Gasteiger partial charge in [-0.1, -0.05) is 0 Å². The molecule has 0 heterocycles. The van der Waals surface area contributed by atoms with E-state index in [2.05, 4.69) is 9.44 Å². The van der Waals surface area contributed by atoms with E-state index in [-0.39, 0.29) is 12.1 Å². The van der Waals surface area contributed by atoms with Crippen molar-refractivity contribution < 1.29 is 13.5 Å². The molecule has 0 saturated heterocycles. The second-order valence-electron chi connectivity index (χ2n) is 4.00. The van der Waals surface area contributed by atoms with Crippen molar-refractivity contribution in [2.24, 2.45) is 0 Å². The van der Waals surface area contributed by atoms with Crippen molar-refractivity contribution in [1.29, 1.82) is 0 Å². The SMILES string of the molecule is CC(O)CC(C)NS(=O)(=O)NC1CC1. The molecule has 14 heavy (non-hydrogen) atoms. The van der Waals surface area contributed by atoms with Gasteiger partial charge < -0.3 is 5.11 Å². The van der Waals surface area contributed by atoms with Crippen LogP contribution in [0.15, 0.2) is 0 Å². The van der Waals surface area contributed by atoms with Crippen LogP contribution >= 0.6 is 0 Å². The van der Waals surface area contributed by atoms with E-state index in [0.29, 0.717) is 6.42 Å². The van der Waals surface area contributed by atoms with E-state index in [0.717, 1.165) is 12.8 Å². The second kappa shape index (κ2) is 4.57. The van der Waals surface area contributed by atoms with Crippen LogP contribution < -0.4 is 9.44 Å². The highest BCUT2D eigenvalue weighted by molar-refractivity contribution is 7.87. The van der Waals surface area contributed by atoms with E-state index < -0.39 is 16.3 Å². The van der Waals surface area contributed by atoms with Gasteiger partial charge in [0.25, 0.3) is 10.2 Å². The maximum Gasteiger partial charge on any atom is 0.277 e. The Labute approximate surface area is 85.1 Å². The van der Waals surface area contributed by atoms with Gasteiger partial charge in [0.2, 0.25) is 0 Å². The van der Waals surface area contributed by atoms with Gasteiger partial charge in [0, 0.05) is 12.1 Å². The van der Waals surface area contributed by atoms with Crippen molar-refractivity contribution >= 4 is 10.2 Å². The predicted octanol–water partition coefficient (Wildman–Crippen LogP) is -0.268.